The second-order valence-corrected chi connectivity index (χ2v) is 9.44. The van der Waals surface area contributed by atoms with Crippen molar-refractivity contribution < 1.29 is 13.2 Å². The lowest BCUT2D eigenvalue weighted by atomic mass is 10.1. The molecule has 0 aliphatic carbocycles. The van der Waals surface area contributed by atoms with Gasteiger partial charge in [0.2, 0.25) is 5.91 Å². The Labute approximate surface area is 186 Å². The zero-order chi connectivity index (χ0) is 21.9. The quantitative estimate of drug-likeness (QED) is 0.529. The molecule has 1 N–H and O–H groups in total. The van der Waals surface area contributed by atoms with E-state index in [1.54, 1.807) is 55.5 Å². The van der Waals surface area contributed by atoms with Crippen LogP contribution in [0.25, 0.3) is 0 Å². The number of hydrogen-bond donors (Lipinski definition) is 1. The second kappa shape index (κ2) is 9.08. The molecule has 0 atom stereocenters. The van der Waals surface area contributed by atoms with Crippen molar-refractivity contribution in [2.45, 2.75) is 18.7 Å². The summed E-state index contributed by atoms with van der Waals surface area (Å²) >= 11 is 12.2. The highest BCUT2D eigenvalue weighted by Crippen LogP contribution is 2.31. The topological polar surface area (TPSA) is 66.5 Å². The lowest BCUT2D eigenvalue weighted by Gasteiger charge is -2.26. The molecular weight excluding hydrogens is 443 g/mol. The van der Waals surface area contributed by atoms with Gasteiger partial charge >= 0.3 is 0 Å². The van der Waals surface area contributed by atoms with Gasteiger partial charge in [-0.2, -0.15) is 0 Å². The molecule has 3 aromatic rings. The molecule has 0 saturated heterocycles. The van der Waals surface area contributed by atoms with Crippen LogP contribution in [0.3, 0.4) is 0 Å². The predicted octanol–water partition coefficient (Wildman–Crippen LogP) is 5.44. The Hall–Kier alpha value is -2.54. The number of benzene rings is 3. The summed E-state index contributed by atoms with van der Waals surface area (Å²) in [4.78, 5) is 12.9. The first kappa shape index (κ1) is 22.2. The van der Waals surface area contributed by atoms with E-state index < -0.39 is 22.5 Å². The van der Waals surface area contributed by atoms with Crippen LogP contribution in [0.15, 0.2) is 71.6 Å². The number of rotatable bonds is 6. The van der Waals surface area contributed by atoms with Crippen molar-refractivity contribution in [2.75, 3.05) is 16.2 Å². The van der Waals surface area contributed by atoms with Crippen molar-refractivity contribution in [3.05, 3.63) is 87.9 Å². The van der Waals surface area contributed by atoms with E-state index in [0.717, 1.165) is 15.4 Å². The van der Waals surface area contributed by atoms with Gasteiger partial charge < -0.3 is 5.32 Å². The summed E-state index contributed by atoms with van der Waals surface area (Å²) in [7, 11) is -3.99. The van der Waals surface area contributed by atoms with E-state index in [0.29, 0.717) is 5.69 Å². The summed E-state index contributed by atoms with van der Waals surface area (Å²) < 4.78 is 27.9. The third kappa shape index (κ3) is 4.78. The molecule has 0 bridgehead atoms. The highest BCUT2D eigenvalue weighted by Gasteiger charge is 2.28. The van der Waals surface area contributed by atoms with Crippen LogP contribution >= 0.6 is 23.2 Å². The van der Waals surface area contributed by atoms with Gasteiger partial charge in [0.05, 0.1) is 26.3 Å². The van der Waals surface area contributed by atoms with E-state index in [1.807, 2.05) is 13.0 Å². The van der Waals surface area contributed by atoms with Gasteiger partial charge in [0.1, 0.15) is 6.54 Å². The van der Waals surface area contributed by atoms with Gasteiger partial charge in [-0.25, -0.2) is 8.42 Å². The summed E-state index contributed by atoms with van der Waals surface area (Å²) in [5.41, 5.74) is 2.38. The fourth-order valence-electron chi connectivity index (χ4n) is 3.03. The molecule has 8 heteroatoms. The molecule has 0 radical (unpaired) electrons. The molecule has 0 fully saturated rings. The number of halogens is 2. The molecule has 3 aromatic carbocycles. The molecule has 0 unspecified atom stereocenters. The number of nitrogens with one attached hydrogen (secondary N) is 1. The van der Waals surface area contributed by atoms with E-state index in [9.17, 15) is 13.2 Å². The molecule has 0 saturated carbocycles. The lowest BCUT2D eigenvalue weighted by Crippen LogP contribution is -2.38. The minimum absolute atomic E-state index is 0.0913. The maximum atomic E-state index is 13.4. The van der Waals surface area contributed by atoms with Crippen molar-refractivity contribution in [2.24, 2.45) is 0 Å². The zero-order valence-electron chi connectivity index (χ0n) is 16.4. The Morgan fingerprint density at radius 1 is 0.933 bits per heavy atom. The number of amides is 1. The monoisotopic (exact) mass is 462 g/mol. The summed E-state index contributed by atoms with van der Waals surface area (Å²) in [6.45, 7) is 3.28. The maximum absolute atomic E-state index is 13.4. The summed E-state index contributed by atoms with van der Waals surface area (Å²) in [6, 6.07) is 18.2. The Morgan fingerprint density at radius 3 is 2.17 bits per heavy atom. The third-order valence-electron chi connectivity index (χ3n) is 4.47. The molecule has 0 aliphatic heterocycles. The minimum atomic E-state index is -3.99. The average molecular weight is 463 g/mol. The Balaban J connectivity index is 2.01. The van der Waals surface area contributed by atoms with Crippen LogP contribution in [0.5, 0.6) is 0 Å². The van der Waals surface area contributed by atoms with E-state index >= 15 is 0 Å². The number of hydrogen-bond acceptors (Lipinski definition) is 3. The number of para-hydroxylation sites is 1. The van der Waals surface area contributed by atoms with Gasteiger partial charge in [-0.1, -0.05) is 65.2 Å². The molecule has 3 rings (SSSR count). The van der Waals surface area contributed by atoms with Crippen molar-refractivity contribution in [1.29, 1.82) is 0 Å². The van der Waals surface area contributed by atoms with Crippen LogP contribution < -0.4 is 9.62 Å². The molecule has 5 nitrogen and oxygen atoms in total. The normalized spacial score (nSPS) is 11.2. The van der Waals surface area contributed by atoms with Gasteiger partial charge in [0.15, 0.2) is 0 Å². The molecular formula is C22H20Cl2N2O3S. The Bertz CT molecular complexity index is 1160. The second-order valence-electron chi connectivity index (χ2n) is 6.76. The number of sulfonamides is 1. The van der Waals surface area contributed by atoms with Gasteiger partial charge in [-0.3, -0.25) is 9.10 Å². The zero-order valence-corrected chi connectivity index (χ0v) is 18.7. The number of nitrogens with zero attached hydrogens (tertiary/aromatic N) is 1. The maximum Gasteiger partial charge on any atom is 0.264 e. The standard InChI is InChI=1S/C22H20Cl2N2O3S/c1-15-11-12-20(16(2)13-15)26(30(28,29)17-7-4-3-5-8-17)14-21(27)25-22-18(23)9-6-10-19(22)24/h3-13H,14H2,1-2H3,(H,25,27). The summed E-state index contributed by atoms with van der Waals surface area (Å²) in [6.07, 6.45) is 0. The third-order valence-corrected chi connectivity index (χ3v) is 6.87. The highest BCUT2D eigenvalue weighted by atomic mass is 35.5. The van der Waals surface area contributed by atoms with Crippen LogP contribution in [0, 0.1) is 13.8 Å². The van der Waals surface area contributed by atoms with Crippen molar-refractivity contribution in [3.8, 4) is 0 Å². The fraction of sp³-hybridized carbons (Fsp3) is 0.136. The van der Waals surface area contributed by atoms with Gasteiger partial charge in [0, 0.05) is 0 Å². The SMILES string of the molecule is Cc1ccc(N(CC(=O)Nc2c(Cl)cccc2Cl)S(=O)(=O)c2ccccc2)c(C)c1. The smallest absolute Gasteiger partial charge is 0.264 e. The molecule has 30 heavy (non-hydrogen) atoms. The summed E-state index contributed by atoms with van der Waals surface area (Å²) in [5, 5.41) is 3.15. The van der Waals surface area contributed by atoms with E-state index in [1.165, 1.54) is 12.1 Å². The van der Waals surface area contributed by atoms with Crippen molar-refractivity contribution in [1.82, 2.24) is 0 Å². The number of carbonyl (C=O) groups is 1. The van der Waals surface area contributed by atoms with Crippen LogP contribution in [0.1, 0.15) is 11.1 Å². The lowest BCUT2D eigenvalue weighted by molar-refractivity contribution is -0.114. The largest absolute Gasteiger partial charge is 0.322 e. The summed E-state index contributed by atoms with van der Waals surface area (Å²) in [5.74, 6) is -0.565. The Morgan fingerprint density at radius 2 is 1.57 bits per heavy atom. The predicted molar refractivity (Wildman–Crippen MR) is 122 cm³/mol. The number of carbonyl (C=O) groups excluding carboxylic acids is 1. The molecule has 0 heterocycles. The first-order valence-electron chi connectivity index (χ1n) is 9.09. The first-order chi connectivity index (χ1) is 14.2. The first-order valence-corrected chi connectivity index (χ1v) is 11.3. The average Bonchev–Trinajstić information content (AvgIpc) is 2.70. The van der Waals surface area contributed by atoms with Gasteiger partial charge in [0.25, 0.3) is 10.0 Å². The molecule has 1 amide bonds. The van der Waals surface area contributed by atoms with Crippen LogP contribution in [0.4, 0.5) is 11.4 Å². The van der Waals surface area contributed by atoms with E-state index in [2.05, 4.69) is 5.32 Å². The van der Waals surface area contributed by atoms with Gasteiger partial charge in [-0.15, -0.1) is 0 Å². The van der Waals surface area contributed by atoms with Crippen molar-refractivity contribution >= 4 is 50.5 Å². The molecule has 0 aliphatic rings. The molecule has 156 valence electrons. The molecule has 0 aromatic heterocycles. The van der Waals surface area contributed by atoms with Crippen LogP contribution in [0.2, 0.25) is 10.0 Å². The number of anilines is 2. The van der Waals surface area contributed by atoms with Gasteiger partial charge in [-0.05, 0) is 49.7 Å². The number of aryl methyl sites for hydroxylation is 2. The highest BCUT2D eigenvalue weighted by molar-refractivity contribution is 7.92. The Kier molecular flexibility index (Phi) is 6.71. The van der Waals surface area contributed by atoms with E-state index in [4.69, 9.17) is 23.2 Å². The van der Waals surface area contributed by atoms with E-state index in [-0.39, 0.29) is 20.6 Å². The molecule has 0 spiro atoms. The van der Waals surface area contributed by atoms with Crippen molar-refractivity contribution in [3.63, 3.8) is 0 Å². The fourth-order valence-corrected chi connectivity index (χ4v) is 5.03. The minimum Gasteiger partial charge on any atom is -0.322 e. The van der Waals surface area contributed by atoms with Crippen LogP contribution in [-0.2, 0) is 14.8 Å². The van der Waals surface area contributed by atoms with Crippen LogP contribution in [-0.4, -0.2) is 20.9 Å².